The van der Waals surface area contributed by atoms with Gasteiger partial charge in [0.1, 0.15) is 11.9 Å². The Bertz CT molecular complexity index is 889. The van der Waals surface area contributed by atoms with Gasteiger partial charge in [0.15, 0.2) is 0 Å². The lowest BCUT2D eigenvalue weighted by Crippen LogP contribution is -2.53. The standard InChI is InChI=1S/C21H26FN5O2/c1-13(2)18(26-19(28)15-7-3-4-8-16(15)22)20(29)27-11-5-6-14(12-27)17-9-10-24-21(23)25-17/h3-4,7-10,13-14,18H,5-6,11-12H2,1-2H3,(H,26,28)(H2,23,24,25). The molecule has 8 heteroatoms. The van der Waals surface area contributed by atoms with E-state index in [0.29, 0.717) is 13.1 Å². The highest BCUT2D eigenvalue weighted by Gasteiger charge is 2.33. The number of likely N-dealkylation sites (tertiary alicyclic amines) is 1. The number of amides is 2. The first-order chi connectivity index (χ1) is 13.9. The molecule has 1 aliphatic heterocycles. The Hall–Kier alpha value is -3.03. The highest BCUT2D eigenvalue weighted by molar-refractivity contribution is 5.97. The van der Waals surface area contributed by atoms with Crippen molar-refractivity contribution in [2.24, 2.45) is 5.92 Å². The Morgan fingerprint density at radius 2 is 2.03 bits per heavy atom. The van der Waals surface area contributed by atoms with Crippen LogP contribution in [0.25, 0.3) is 0 Å². The number of nitrogens with zero attached hydrogens (tertiary/aromatic N) is 3. The minimum absolute atomic E-state index is 0.0630. The van der Waals surface area contributed by atoms with Crippen molar-refractivity contribution in [2.45, 2.75) is 38.6 Å². The van der Waals surface area contributed by atoms with E-state index in [4.69, 9.17) is 5.73 Å². The van der Waals surface area contributed by atoms with E-state index in [-0.39, 0.29) is 29.3 Å². The summed E-state index contributed by atoms with van der Waals surface area (Å²) in [4.78, 5) is 35.7. The fourth-order valence-corrected chi connectivity index (χ4v) is 3.61. The zero-order valence-corrected chi connectivity index (χ0v) is 16.6. The molecule has 1 aliphatic rings. The second-order valence-electron chi connectivity index (χ2n) is 7.64. The van der Waals surface area contributed by atoms with Gasteiger partial charge in [-0.3, -0.25) is 9.59 Å². The quantitative estimate of drug-likeness (QED) is 0.804. The van der Waals surface area contributed by atoms with Crippen molar-refractivity contribution in [3.63, 3.8) is 0 Å². The van der Waals surface area contributed by atoms with Crippen molar-refractivity contribution < 1.29 is 14.0 Å². The Balaban J connectivity index is 1.73. The molecule has 2 amide bonds. The van der Waals surface area contributed by atoms with Crippen molar-refractivity contribution in [3.8, 4) is 0 Å². The lowest BCUT2D eigenvalue weighted by molar-refractivity contribution is -0.135. The Morgan fingerprint density at radius 1 is 1.28 bits per heavy atom. The Kier molecular flexibility index (Phi) is 6.41. The average Bonchev–Trinajstić information content (AvgIpc) is 2.71. The molecule has 1 aromatic carbocycles. The molecular weight excluding hydrogens is 373 g/mol. The van der Waals surface area contributed by atoms with Crippen LogP contribution in [-0.4, -0.2) is 45.8 Å². The van der Waals surface area contributed by atoms with Gasteiger partial charge in [0.25, 0.3) is 5.91 Å². The van der Waals surface area contributed by atoms with E-state index in [9.17, 15) is 14.0 Å². The van der Waals surface area contributed by atoms with Crippen LogP contribution in [-0.2, 0) is 4.79 Å². The third-order valence-electron chi connectivity index (χ3n) is 5.18. The Morgan fingerprint density at radius 3 is 2.72 bits per heavy atom. The number of hydrogen-bond acceptors (Lipinski definition) is 5. The third-order valence-corrected chi connectivity index (χ3v) is 5.18. The van der Waals surface area contributed by atoms with Crippen LogP contribution in [0.3, 0.4) is 0 Å². The highest BCUT2D eigenvalue weighted by atomic mass is 19.1. The van der Waals surface area contributed by atoms with Gasteiger partial charge >= 0.3 is 0 Å². The average molecular weight is 399 g/mol. The van der Waals surface area contributed by atoms with E-state index in [2.05, 4.69) is 15.3 Å². The summed E-state index contributed by atoms with van der Waals surface area (Å²) in [6.45, 7) is 4.82. The predicted octanol–water partition coefficient (Wildman–Crippen LogP) is 2.36. The SMILES string of the molecule is CC(C)C(NC(=O)c1ccccc1F)C(=O)N1CCCC(c2ccnc(N)n2)C1. The number of hydrogen-bond donors (Lipinski definition) is 2. The summed E-state index contributed by atoms with van der Waals surface area (Å²) in [5.74, 6) is -1.24. The first-order valence-corrected chi connectivity index (χ1v) is 9.79. The van der Waals surface area contributed by atoms with Gasteiger partial charge in [-0.1, -0.05) is 26.0 Å². The maximum Gasteiger partial charge on any atom is 0.254 e. The van der Waals surface area contributed by atoms with Gasteiger partial charge < -0.3 is 16.0 Å². The van der Waals surface area contributed by atoms with Gasteiger partial charge in [0.2, 0.25) is 11.9 Å². The molecule has 154 valence electrons. The summed E-state index contributed by atoms with van der Waals surface area (Å²) in [7, 11) is 0. The Labute approximate surface area is 169 Å². The topological polar surface area (TPSA) is 101 Å². The molecule has 0 bridgehead atoms. The number of anilines is 1. The summed E-state index contributed by atoms with van der Waals surface area (Å²) in [5, 5.41) is 2.72. The van der Waals surface area contributed by atoms with Gasteiger partial charge in [-0.2, -0.15) is 0 Å². The van der Waals surface area contributed by atoms with Crippen LogP contribution in [0.1, 0.15) is 48.7 Å². The van der Waals surface area contributed by atoms with Gasteiger partial charge in [-0.25, -0.2) is 14.4 Å². The van der Waals surface area contributed by atoms with Crippen LogP contribution in [0.2, 0.25) is 0 Å². The molecule has 29 heavy (non-hydrogen) atoms. The number of benzene rings is 1. The van der Waals surface area contributed by atoms with E-state index in [1.54, 1.807) is 17.2 Å². The molecule has 1 saturated heterocycles. The van der Waals surface area contributed by atoms with E-state index in [0.717, 1.165) is 18.5 Å². The molecule has 1 aromatic heterocycles. The molecule has 0 radical (unpaired) electrons. The van der Waals surface area contributed by atoms with Crippen LogP contribution in [0.4, 0.5) is 10.3 Å². The van der Waals surface area contributed by atoms with Crippen LogP contribution in [0, 0.1) is 11.7 Å². The largest absolute Gasteiger partial charge is 0.368 e. The van der Waals surface area contributed by atoms with E-state index in [1.807, 2.05) is 19.9 Å². The minimum Gasteiger partial charge on any atom is -0.368 e. The molecule has 3 N–H and O–H groups in total. The molecule has 2 unspecified atom stereocenters. The fourth-order valence-electron chi connectivity index (χ4n) is 3.61. The number of aromatic nitrogens is 2. The van der Waals surface area contributed by atoms with Gasteiger partial charge in [-0.05, 0) is 37.0 Å². The second kappa shape index (κ2) is 8.98. The second-order valence-corrected chi connectivity index (χ2v) is 7.64. The maximum atomic E-state index is 13.9. The van der Waals surface area contributed by atoms with Crippen molar-refractivity contribution in [1.29, 1.82) is 0 Å². The molecule has 3 rings (SSSR count). The molecule has 0 saturated carbocycles. The number of carbonyl (C=O) groups excluding carboxylic acids is 2. The number of rotatable bonds is 5. The van der Waals surface area contributed by atoms with Crippen molar-refractivity contribution in [1.82, 2.24) is 20.2 Å². The van der Waals surface area contributed by atoms with Crippen LogP contribution >= 0.6 is 0 Å². The molecule has 7 nitrogen and oxygen atoms in total. The monoisotopic (exact) mass is 399 g/mol. The summed E-state index contributed by atoms with van der Waals surface area (Å²) in [6, 6.07) is 6.82. The normalized spacial score (nSPS) is 17.8. The number of carbonyl (C=O) groups is 2. The van der Waals surface area contributed by atoms with Gasteiger partial charge in [0, 0.05) is 25.2 Å². The van der Waals surface area contributed by atoms with E-state index >= 15 is 0 Å². The molecular formula is C21H26FN5O2. The number of nitrogens with one attached hydrogen (secondary N) is 1. The van der Waals surface area contributed by atoms with Gasteiger partial charge in [-0.15, -0.1) is 0 Å². The molecule has 2 heterocycles. The molecule has 1 fully saturated rings. The number of halogens is 1. The fraction of sp³-hybridized carbons (Fsp3) is 0.429. The first-order valence-electron chi connectivity index (χ1n) is 9.79. The lowest BCUT2D eigenvalue weighted by atomic mass is 9.93. The van der Waals surface area contributed by atoms with Crippen LogP contribution in [0.5, 0.6) is 0 Å². The number of nitrogens with two attached hydrogens (primary N) is 1. The maximum absolute atomic E-state index is 13.9. The smallest absolute Gasteiger partial charge is 0.254 e. The predicted molar refractivity (Wildman–Crippen MR) is 107 cm³/mol. The summed E-state index contributed by atoms with van der Waals surface area (Å²) < 4.78 is 13.9. The first kappa shape index (κ1) is 20.7. The molecule has 0 spiro atoms. The summed E-state index contributed by atoms with van der Waals surface area (Å²) in [5.41, 5.74) is 6.43. The molecule has 2 aromatic rings. The molecule has 2 atom stereocenters. The number of piperidine rings is 1. The van der Waals surface area contributed by atoms with Crippen molar-refractivity contribution in [2.75, 3.05) is 18.8 Å². The lowest BCUT2D eigenvalue weighted by Gasteiger charge is -2.36. The van der Waals surface area contributed by atoms with Crippen molar-refractivity contribution in [3.05, 3.63) is 53.6 Å². The van der Waals surface area contributed by atoms with Crippen LogP contribution < -0.4 is 11.1 Å². The highest BCUT2D eigenvalue weighted by Crippen LogP contribution is 2.26. The van der Waals surface area contributed by atoms with Crippen LogP contribution in [0.15, 0.2) is 36.5 Å². The molecule has 0 aliphatic carbocycles. The zero-order chi connectivity index (χ0) is 21.0. The summed E-state index contributed by atoms with van der Waals surface area (Å²) in [6.07, 6.45) is 3.34. The van der Waals surface area contributed by atoms with Gasteiger partial charge in [0.05, 0.1) is 11.3 Å². The number of nitrogen functional groups attached to an aromatic ring is 1. The summed E-state index contributed by atoms with van der Waals surface area (Å²) >= 11 is 0. The van der Waals surface area contributed by atoms with E-state index < -0.39 is 17.8 Å². The third kappa shape index (κ3) is 4.88. The zero-order valence-electron chi connectivity index (χ0n) is 16.6. The van der Waals surface area contributed by atoms with Crippen molar-refractivity contribution >= 4 is 17.8 Å². The minimum atomic E-state index is -0.740. The van der Waals surface area contributed by atoms with E-state index in [1.165, 1.54) is 18.2 Å².